The van der Waals surface area contributed by atoms with Gasteiger partial charge in [0.2, 0.25) is 0 Å². The highest BCUT2D eigenvalue weighted by Crippen LogP contribution is 2.26. The second kappa shape index (κ2) is 3.54. The molecule has 1 heterocycles. The van der Waals surface area contributed by atoms with Gasteiger partial charge >= 0.3 is 0 Å². The normalized spacial score (nSPS) is 14.9. The molecule has 1 aromatic carbocycles. The molecule has 0 saturated carbocycles. The van der Waals surface area contributed by atoms with E-state index in [-0.39, 0.29) is 0 Å². The average Bonchev–Trinajstić information content (AvgIpc) is 2.82. The van der Waals surface area contributed by atoms with E-state index in [1.807, 2.05) is 6.07 Å². The summed E-state index contributed by atoms with van der Waals surface area (Å²) >= 11 is 0. The molecule has 0 spiro atoms. The van der Waals surface area contributed by atoms with Gasteiger partial charge in [-0.15, -0.1) is 0 Å². The quantitative estimate of drug-likeness (QED) is 0.704. The number of benzene rings is 1. The van der Waals surface area contributed by atoms with Crippen molar-refractivity contribution in [2.45, 2.75) is 25.7 Å². The molecule has 1 aromatic heterocycles. The number of aromatic nitrogens is 1. The van der Waals surface area contributed by atoms with Crippen LogP contribution in [0.25, 0.3) is 11.3 Å². The van der Waals surface area contributed by atoms with Crippen molar-refractivity contribution in [2.75, 3.05) is 0 Å². The first-order valence-corrected chi connectivity index (χ1v) is 5.46. The third kappa shape index (κ3) is 1.56. The zero-order valence-electron chi connectivity index (χ0n) is 8.57. The lowest BCUT2D eigenvalue weighted by atomic mass is 9.90. The molecule has 0 atom stereocenters. The molecule has 0 amide bonds. The fourth-order valence-corrected chi connectivity index (χ4v) is 2.25. The number of hydrogen-bond acceptors (Lipinski definition) is 2. The Bertz CT molecular complexity index is 459. The highest BCUT2D eigenvalue weighted by atomic mass is 16.5. The summed E-state index contributed by atoms with van der Waals surface area (Å²) in [6.45, 7) is 0. The minimum absolute atomic E-state index is 0.934. The van der Waals surface area contributed by atoms with Gasteiger partial charge in [0.25, 0.3) is 0 Å². The summed E-state index contributed by atoms with van der Waals surface area (Å²) in [4.78, 5) is 0. The second-order valence-electron chi connectivity index (χ2n) is 4.08. The molecule has 76 valence electrons. The molecule has 1 aliphatic carbocycles. The van der Waals surface area contributed by atoms with E-state index in [2.05, 4.69) is 23.4 Å². The van der Waals surface area contributed by atoms with Crippen LogP contribution >= 0.6 is 0 Å². The highest BCUT2D eigenvalue weighted by Gasteiger charge is 2.10. The molecule has 0 bridgehead atoms. The van der Waals surface area contributed by atoms with Crippen molar-refractivity contribution < 1.29 is 4.52 Å². The van der Waals surface area contributed by atoms with E-state index in [0.717, 1.165) is 5.69 Å². The molecule has 15 heavy (non-hydrogen) atoms. The molecule has 0 radical (unpaired) electrons. The van der Waals surface area contributed by atoms with E-state index in [1.54, 1.807) is 6.26 Å². The fraction of sp³-hybridized carbons (Fsp3) is 0.308. The zero-order chi connectivity index (χ0) is 10.1. The molecule has 3 rings (SSSR count). The predicted octanol–water partition coefficient (Wildman–Crippen LogP) is 3.22. The third-order valence-corrected chi connectivity index (χ3v) is 3.08. The van der Waals surface area contributed by atoms with Gasteiger partial charge in [-0.2, -0.15) is 0 Å². The Kier molecular flexibility index (Phi) is 2.05. The van der Waals surface area contributed by atoms with Crippen LogP contribution in [-0.4, -0.2) is 5.16 Å². The van der Waals surface area contributed by atoms with E-state index in [0.29, 0.717) is 0 Å². The third-order valence-electron chi connectivity index (χ3n) is 3.08. The number of aryl methyl sites for hydroxylation is 2. The molecule has 2 nitrogen and oxygen atoms in total. The summed E-state index contributed by atoms with van der Waals surface area (Å²) < 4.78 is 4.86. The van der Waals surface area contributed by atoms with E-state index in [4.69, 9.17) is 4.52 Å². The molecule has 0 fully saturated rings. The van der Waals surface area contributed by atoms with Crippen LogP contribution in [0, 0.1) is 0 Å². The van der Waals surface area contributed by atoms with Gasteiger partial charge in [-0.25, -0.2) is 0 Å². The molecule has 0 aliphatic heterocycles. The van der Waals surface area contributed by atoms with Gasteiger partial charge in [0.05, 0.1) is 0 Å². The second-order valence-corrected chi connectivity index (χ2v) is 4.08. The minimum atomic E-state index is 0.934. The number of rotatable bonds is 1. The van der Waals surface area contributed by atoms with Crippen molar-refractivity contribution in [1.29, 1.82) is 0 Å². The van der Waals surface area contributed by atoms with Crippen LogP contribution in [0.2, 0.25) is 0 Å². The molecular formula is C13H13NO. The summed E-state index contributed by atoms with van der Waals surface area (Å²) in [7, 11) is 0. The van der Waals surface area contributed by atoms with Gasteiger partial charge < -0.3 is 4.52 Å². The van der Waals surface area contributed by atoms with E-state index in [9.17, 15) is 0 Å². The van der Waals surface area contributed by atoms with Crippen LogP contribution in [-0.2, 0) is 12.8 Å². The van der Waals surface area contributed by atoms with Gasteiger partial charge in [0.1, 0.15) is 12.0 Å². The summed E-state index contributed by atoms with van der Waals surface area (Å²) in [6, 6.07) is 8.54. The summed E-state index contributed by atoms with van der Waals surface area (Å²) in [5, 5.41) is 3.96. The van der Waals surface area contributed by atoms with Crippen molar-refractivity contribution in [3.63, 3.8) is 0 Å². The Morgan fingerprint density at radius 3 is 2.67 bits per heavy atom. The standard InChI is InChI=1S/C13H13NO/c1-2-4-11-9-12(6-5-10(11)3-1)13-7-8-15-14-13/h5-9H,1-4H2. The summed E-state index contributed by atoms with van der Waals surface area (Å²) in [5.74, 6) is 0. The molecule has 2 aromatic rings. The number of nitrogens with zero attached hydrogens (tertiary/aromatic N) is 1. The first-order valence-electron chi connectivity index (χ1n) is 5.46. The van der Waals surface area contributed by atoms with Crippen LogP contribution in [0.15, 0.2) is 35.1 Å². The zero-order valence-corrected chi connectivity index (χ0v) is 8.57. The highest BCUT2D eigenvalue weighted by molar-refractivity contribution is 5.60. The maximum absolute atomic E-state index is 4.86. The Balaban J connectivity index is 2.04. The molecule has 0 unspecified atom stereocenters. The van der Waals surface area contributed by atoms with Crippen LogP contribution < -0.4 is 0 Å². The van der Waals surface area contributed by atoms with Crippen LogP contribution in [0.4, 0.5) is 0 Å². The lowest BCUT2D eigenvalue weighted by Crippen LogP contribution is -2.02. The Morgan fingerprint density at radius 1 is 1.00 bits per heavy atom. The molecular weight excluding hydrogens is 186 g/mol. The minimum Gasteiger partial charge on any atom is -0.364 e. The SMILES string of the molecule is c1cc(-c2ccc3c(c2)CCCC3)no1. The van der Waals surface area contributed by atoms with E-state index >= 15 is 0 Å². The van der Waals surface area contributed by atoms with Crippen molar-refractivity contribution >= 4 is 0 Å². The maximum Gasteiger partial charge on any atom is 0.124 e. The van der Waals surface area contributed by atoms with Gasteiger partial charge in [0.15, 0.2) is 0 Å². The smallest absolute Gasteiger partial charge is 0.124 e. The van der Waals surface area contributed by atoms with Gasteiger partial charge in [0, 0.05) is 11.6 Å². The summed E-state index contributed by atoms with van der Waals surface area (Å²) in [6.07, 6.45) is 6.70. The van der Waals surface area contributed by atoms with Gasteiger partial charge in [-0.3, -0.25) is 0 Å². The largest absolute Gasteiger partial charge is 0.364 e. The molecule has 2 heteroatoms. The predicted molar refractivity (Wildman–Crippen MR) is 58.6 cm³/mol. The van der Waals surface area contributed by atoms with E-state index < -0.39 is 0 Å². The first-order chi connectivity index (χ1) is 7.43. The van der Waals surface area contributed by atoms with Gasteiger partial charge in [-0.05, 0) is 42.9 Å². The van der Waals surface area contributed by atoms with Crippen molar-refractivity contribution in [1.82, 2.24) is 5.16 Å². The van der Waals surface area contributed by atoms with Gasteiger partial charge in [-0.1, -0.05) is 17.3 Å². The van der Waals surface area contributed by atoms with Crippen molar-refractivity contribution in [3.05, 3.63) is 41.7 Å². The van der Waals surface area contributed by atoms with Crippen LogP contribution in [0.5, 0.6) is 0 Å². The average molecular weight is 199 g/mol. The van der Waals surface area contributed by atoms with Crippen molar-refractivity contribution in [2.24, 2.45) is 0 Å². The monoisotopic (exact) mass is 199 g/mol. The Hall–Kier alpha value is -1.57. The molecule has 1 aliphatic rings. The number of fused-ring (bicyclic) bond motifs is 1. The van der Waals surface area contributed by atoms with Crippen LogP contribution in [0.3, 0.4) is 0 Å². The Labute approximate surface area is 88.9 Å². The Morgan fingerprint density at radius 2 is 1.87 bits per heavy atom. The maximum atomic E-state index is 4.86. The fourth-order valence-electron chi connectivity index (χ4n) is 2.25. The molecule has 0 saturated heterocycles. The first kappa shape index (κ1) is 8.72. The van der Waals surface area contributed by atoms with E-state index in [1.165, 1.54) is 42.4 Å². The van der Waals surface area contributed by atoms with Crippen molar-refractivity contribution in [3.8, 4) is 11.3 Å². The topological polar surface area (TPSA) is 26.0 Å². The number of hydrogen-bond donors (Lipinski definition) is 0. The molecule has 0 N–H and O–H groups in total. The van der Waals surface area contributed by atoms with Crippen LogP contribution in [0.1, 0.15) is 24.0 Å². The summed E-state index contributed by atoms with van der Waals surface area (Å²) in [5.41, 5.74) is 5.10. The lowest BCUT2D eigenvalue weighted by molar-refractivity contribution is 0.422. The lowest BCUT2D eigenvalue weighted by Gasteiger charge is -2.15.